The number of sulfone groups is 1. The van der Waals surface area contributed by atoms with Crippen molar-refractivity contribution in [2.24, 2.45) is 11.3 Å². The first-order valence-corrected chi connectivity index (χ1v) is 9.86. The smallest absolute Gasteiger partial charge is 0.307 e. The summed E-state index contributed by atoms with van der Waals surface area (Å²) in [5.41, 5.74) is 0.852. The van der Waals surface area contributed by atoms with E-state index in [9.17, 15) is 18.0 Å². The molecule has 1 atom stereocenters. The van der Waals surface area contributed by atoms with Crippen molar-refractivity contribution in [2.45, 2.75) is 31.1 Å². The molecule has 0 bridgehead atoms. The van der Waals surface area contributed by atoms with Crippen LogP contribution in [0.1, 0.15) is 35.2 Å². The summed E-state index contributed by atoms with van der Waals surface area (Å²) in [4.78, 5) is 25.6. The highest BCUT2D eigenvalue weighted by Gasteiger charge is 2.59. The molecule has 2 aliphatic rings. The summed E-state index contributed by atoms with van der Waals surface area (Å²) in [6.45, 7) is 2.74. The lowest BCUT2D eigenvalue weighted by Crippen LogP contribution is -2.40. The van der Waals surface area contributed by atoms with E-state index in [1.54, 1.807) is 24.0 Å². The van der Waals surface area contributed by atoms with Gasteiger partial charge in [0.05, 0.1) is 10.8 Å². The van der Waals surface area contributed by atoms with Crippen molar-refractivity contribution in [1.29, 1.82) is 0 Å². The van der Waals surface area contributed by atoms with Crippen molar-refractivity contribution >= 4 is 21.7 Å². The quantitative estimate of drug-likeness (QED) is 0.895. The molecule has 1 spiro atoms. The standard InChI is InChI=1S/C17H21NO5S/c1-11-3-4-12(9-14(11)24(2,22)23)15(19)18-7-5-17(6-8-18)10-13(17)16(20)21/h3-4,9,13H,5-8,10H2,1-2H3,(H,20,21). The van der Waals surface area contributed by atoms with E-state index < -0.39 is 15.8 Å². The van der Waals surface area contributed by atoms with Crippen LogP contribution in [0.5, 0.6) is 0 Å². The number of benzene rings is 1. The summed E-state index contributed by atoms with van der Waals surface area (Å²) in [6, 6.07) is 4.73. The Morgan fingerprint density at radius 3 is 2.38 bits per heavy atom. The Hall–Kier alpha value is -1.89. The number of hydrogen-bond acceptors (Lipinski definition) is 4. The highest BCUT2D eigenvalue weighted by Crippen LogP contribution is 2.59. The first kappa shape index (κ1) is 17.0. The van der Waals surface area contributed by atoms with Gasteiger partial charge in [0.1, 0.15) is 0 Å². The van der Waals surface area contributed by atoms with Crippen LogP contribution in [-0.4, -0.2) is 49.6 Å². The lowest BCUT2D eigenvalue weighted by Gasteiger charge is -2.32. The SMILES string of the molecule is Cc1ccc(C(=O)N2CCC3(CC2)CC3C(=O)O)cc1S(C)(=O)=O. The fourth-order valence-corrected chi connectivity index (χ4v) is 4.71. The molecule has 0 aromatic heterocycles. The van der Waals surface area contributed by atoms with Gasteiger partial charge >= 0.3 is 5.97 Å². The van der Waals surface area contributed by atoms with Crippen molar-refractivity contribution in [1.82, 2.24) is 4.90 Å². The number of aryl methyl sites for hydroxylation is 1. The van der Waals surface area contributed by atoms with Crippen molar-refractivity contribution < 1.29 is 23.1 Å². The third-order valence-corrected chi connectivity index (χ3v) is 6.61. The predicted molar refractivity (Wildman–Crippen MR) is 87.6 cm³/mol. The maximum absolute atomic E-state index is 12.7. The Morgan fingerprint density at radius 1 is 1.25 bits per heavy atom. The van der Waals surface area contributed by atoms with Crippen LogP contribution in [0.25, 0.3) is 0 Å². The maximum atomic E-state index is 12.7. The van der Waals surface area contributed by atoms with Crippen molar-refractivity contribution in [2.75, 3.05) is 19.3 Å². The normalized spacial score (nSPS) is 22.4. The minimum atomic E-state index is -3.38. The number of likely N-dealkylation sites (tertiary alicyclic amines) is 1. The first-order valence-electron chi connectivity index (χ1n) is 7.97. The molecule has 2 fully saturated rings. The number of carboxylic acids is 1. The van der Waals surface area contributed by atoms with E-state index in [1.165, 1.54) is 6.07 Å². The number of carbonyl (C=O) groups is 2. The number of piperidine rings is 1. The van der Waals surface area contributed by atoms with Crippen LogP contribution in [0.4, 0.5) is 0 Å². The number of carbonyl (C=O) groups excluding carboxylic acids is 1. The van der Waals surface area contributed by atoms with Crippen LogP contribution < -0.4 is 0 Å². The van der Waals surface area contributed by atoms with E-state index in [4.69, 9.17) is 5.11 Å². The molecule has 130 valence electrons. The molecule has 1 aliphatic heterocycles. The fraction of sp³-hybridized carbons (Fsp3) is 0.529. The van der Waals surface area contributed by atoms with Crippen LogP contribution in [-0.2, 0) is 14.6 Å². The zero-order valence-electron chi connectivity index (χ0n) is 13.8. The van der Waals surface area contributed by atoms with Gasteiger partial charge in [0.25, 0.3) is 5.91 Å². The third kappa shape index (κ3) is 2.92. The van der Waals surface area contributed by atoms with Gasteiger partial charge in [0.2, 0.25) is 0 Å². The summed E-state index contributed by atoms with van der Waals surface area (Å²) < 4.78 is 23.6. The molecule has 1 heterocycles. The molecule has 1 saturated carbocycles. The molecule has 1 aliphatic carbocycles. The van der Waals surface area contributed by atoms with E-state index >= 15 is 0 Å². The zero-order valence-corrected chi connectivity index (χ0v) is 14.6. The molecule has 1 aromatic carbocycles. The van der Waals surface area contributed by atoms with E-state index in [0.717, 1.165) is 6.26 Å². The highest BCUT2D eigenvalue weighted by molar-refractivity contribution is 7.90. The molecular formula is C17H21NO5S. The van der Waals surface area contributed by atoms with Crippen molar-refractivity contribution in [3.63, 3.8) is 0 Å². The van der Waals surface area contributed by atoms with Crippen LogP contribution in [0.2, 0.25) is 0 Å². The van der Waals surface area contributed by atoms with Crippen molar-refractivity contribution in [3.8, 4) is 0 Å². The van der Waals surface area contributed by atoms with Gasteiger partial charge in [-0.3, -0.25) is 9.59 Å². The van der Waals surface area contributed by atoms with Gasteiger partial charge < -0.3 is 10.0 Å². The van der Waals surface area contributed by atoms with Gasteiger partial charge in [0, 0.05) is 24.9 Å². The molecule has 1 N–H and O–H groups in total. The van der Waals surface area contributed by atoms with E-state index in [1.807, 2.05) is 0 Å². The minimum Gasteiger partial charge on any atom is -0.481 e. The van der Waals surface area contributed by atoms with Crippen LogP contribution in [0, 0.1) is 18.3 Å². The lowest BCUT2D eigenvalue weighted by molar-refractivity contribution is -0.139. The molecular weight excluding hydrogens is 330 g/mol. The number of nitrogens with zero attached hydrogens (tertiary/aromatic N) is 1. The van der Waals surface area contributed by atoms with E-state index in [0.29, 0.717) is 43.5 Å². The van der Waals surface area contributed by atoms with E-state index in [-0.39, 0.29) is 22.1 Å². The van der Waals surface area contributed by atoms with Gasteiger partial charge in [-0.15, -0.1) is 0 Å². The number of aliphatic carboxylic acids is 1. The molecule has 1 aromatic rings. The van der Waals surface area contributed by atoms with Crippen molar-refractivity contribution in [3.05, 3.63) is 29.3 Å². The summed E-state index contributed by atoms with van der Waals surface area (Å²) in [5, 5.41) is 9.12. The number of hydrogen-bond donors (Lipinski definition) is 1. The van der Waals surface area contributed by atoms with Crippen LogP contribution in [0.15, 0.2) is 23.1 Å². The Labute approximate surface area is 141 Å². The topological polar surface area (TPSA) is 91.8 Å². The second-order valence-electron chi connectivity index (χ2n) is 7.00. The monoisotopic (exact) mass is 351 g/mol. The van der Waals surface area contributed by atoms with Gasteiger partial charge in [-0.05, 0) is 49.3 Å². The molecule has 1 unspecified atom stereocenters. The third-order valence-electron chi connectivity index (χ3n) is 5.37. The Kier molecular flexibility index (Phi) is 3.94. The molecule has 1 amide bonds. The van der Waals surface area contributed by atoms with Gasteiger partial charge in [-0.1, -0.05) is 6.07 Å². The molecule has 6 nitrogen and oxygen atoms in total. The zero-order chi connectivity index (χ0) is 17.7. The number of carboxylic acid groups (broad SMARTS) is 1. The highest BCUT2D eigenvalue weighted by atomic mass is 32.2. The number of rotatable bonds is 3. The van der Waals surface area contributed by atoms with Crippen LogP contribution >= 0.6 is 0 Å². The largest absolute Gasteiger partial charge is 0.481 e. The summed E-state index contributed by atoms with van der Waals surface area (Å²) in [5.74, 6) is -1.21. The van der Waals surface area contributed by atoms with Gasteiger partial charge in [-0.25, -0.2) is 8.42 Å². The molecule has 7 heteroatoms. The molecule has 1 saturated heterocycles. The second-order valence-corrected chi connectivity index (χ2v) is 8.99. The maximum Gasteiger partial charge on any atom is 0.307 e. The average molecular weight is 351 g/mol. The average Bonchev–Trinajstić information content (AvgIpc) is 3.21. The summed E-state index contributed by atoms with van der Waals surface area (Å²) >= 11 is 0. The Morgan fingerprint density at radius 2 is 1.88 bits per heavy atom. The van der Waals surface area contributed by atoms with Crippen LogP contribution in [0.3, 0.4) is 0 Å². The second kappa shape index (κ2) is 5.58. The van der Waals surface area contributed by atoms with Gasteiger partial charge in [0.15, 0.2) is 9.84 Å². The summed E-state index contributed by atoms with van der Waals surface area (Å²) in [7, 11) is -3.38. The Balaban J connectivity index is 1.74. The summed E-state index contributed by atoms with van der Waals surface area (Å²) in [6.07, 6.45) is 3.22. The van der Waals surface area contributed by atoms with E-state index in [2.05, 4.69) is 0 Å². The fourth-order valence-electron chi connectivity index (χ4n) is 3.72. The number of amides is 1. The molecule has 24 heavy (non-hydrogen) atoms. The lowest BCUT2D eigenvalue weighted by atomic mass is 9.90. The molecule has 0 radical (unpaired) electrons. The first-order chi connectivity index (χ1) is 11.1. The Bertz CT molecular complexity index is 806. The molecule has 3 rings (SSSR count). The minimum absolute atomic E-state index is 0.131. The predicted octanol–water partition coefficient (Wildman–Crippen LogP) is 1.73. The van der Waals surface area contributed by atoms with Gasteiger partial charge in [-0.2, -0.15) is 0 Å².